The molecule has 0 amide bonds. The van der Waals surface area contributed by atoms with E-state index in [9.17, 15) is 4.79 Å². The molecule has 2 heterocycles. The molecule has 0 fully saturated rings. The summed E-state index contributed by atoms with van der Waals surface area (Å²) in [6.45, 7) is 0.276. The molecule has 36 heavy (non-hydrogen) atoms. The third kappa shape index (κ3) is 5.03. The van der Waals surface area contributed by atoms with Crippen molar-refractivity contribution in [3.8, 4) is 17.3 Å². The number of nitrogens with zero attached hydrogens (tertiary/aromatic N) is 4. The smallest absolute Gasteiger partial charge is 0.349 e. The van der Waals surface area contributed by atoms with Crippen molar-refractivity contribution in [1.82, 2.24) is 25.0 Å². The van der Waals surface area contributed by atoms with E-state index in [2.05, 4.69) is 25.6 Å². The normalized spacial score (nSPS) is 11.6. The highest BCUT2D eigenvalue weighted by molar-refractivity contribution is 5.95. The van der Waals surface area contributed by atoms with Crippen molar-refractivity contribution in [3.05, 3.63) is 87.7 Å². The van der Waals surface area contributed by atoms with E-state index >= 15 is 0 Å². The first-order chi connectivity index (χ1) is 17.4. The highest BCUT2D eigenvalue weighted by atomic mass is 16.5. The molecule has 5 N–H and O–H groups in total. The number of nitrogen functional groups attached to an aromatic ring is 1. The van der Waals surface area contributed by atoms with Gasteiger partial charge in [-0.25, -0.2) is 4.79 Å². The lowest BCUT2D eigenvalue weighted by atomic mass is 10.0. The van der Waals surface area contributed by atoms with Gasteiger partial charge >= 0.3 is 5.69 Å². The van der Waals surface area contributed by atoms with E-state index in [1.165, 1.54) is 6.20 Å². The van der Waals surface area contributed by atoms with E-state index in [4.69, 9.17) is 25.4 Å². The molecular formula is C24H26N8O4. The first-order valence-electron chi connectivity index (χ1n) is 10.9. The molecule has 1 atom stereocenters. The zero-order valence-electron chi connectivity index (χ0n) is 20.0. The standard InChI is InChI=1S/C24H26N8O4/c1-34-13-16-11-15(12-18(35-2)21(16)36-3)20(28-17-8-6-14(7-9-17)22(25)26)23-29-24(33)32(31-23)19-5-4-10-27-30-19/h4-12,20,28H,13H2,1-3H3,(H3,25,26)(H,29,31,33)/t20-/m0/s1. The molecule has 2 aromatic heterocycles. The number of hydrogen-bond donors (Lipinski definition) is 4. The minimum Gasteiger partial charge on any atom is -0.493 e. The fourth-order valence-electron chi connectivity index (χ4n) is 3.75. The fraction of sp³-hybridized carbons (Fsp3) is 0.208. The van der Waals surface area contributed by atoms with E-state index in [1.54, 1.807) is 63.8 Å². The Balaban J connectivity index is 1.84. The molecule has 4 rings (SSSR count). The van der Waals surface area contributed by atoms with Crippen LogP contribution in [0.3, 0.4) is 0 Å². The van der Waals surface area contributed by atoms with Gasteiger partial charge in [-0.2, -0.15) is 9.78 Å². The third-order valence-electron chi connectivity index (χ3n) is 5.40. The molecule has 0 spiro atoms. The highest BCUT2D eigenvalue weighted by Crippen LogP contribution is 2.37. The number of ether oxygens (including phenoxy) is 3. The predicted octanol–water partition coefficient (Wildman–Crippen LogP) is 2.00. The molecule has 0 unspecified atom stereocenters. The third-order valence-corrected chi connectivity index (χ3v) is 5.40. The molecule has 0 aliphatic rings. The number of H-pyrrole nitrogens is 1. The van der Waals surface area contributed by atoms with Crippen molar-refractivity contribution < 1.29 is 14.2 Å². The average molecular weight is 491 g/mol. The molecule has 12 heteroatoms. The first kappa shape index (κ1) is 24.4. The Bertz CT molecular complexity index is 1400. The molecule has 2 aromatic carbocycles. The number of rotatable bonds is 10. The number of benzene rings is 2. The van der Waals surface area contributed by atoms with Crippen molar-refractivity contribution in [2.45, 2.75) is 12.6 Å². The molecule has 0 radical (unpaired) electrons. The van der Waals surface area contributed by atoms with Gasteiger partial charge in [-0.1, -0.05) is 0 Å². The van der Waals surface area contributed by atoms with E-state index in [-0.39, 0.29) is 18.3 Å². The molecule has 4 aromatic rings. The van der Waals surface area contributed by atoms with Gasteiger partial charge in [0.25, 0.3) is 0 Å². The first-order valence-corrected chi connectivity index (χ1v) is 10.9. The lowest BCUT2D eigenvalue weighted by molar-refractivity contribution is 0.180. The molecule has 0 aliphatic carbocycles. The van der Waals surface area contributed by atoms with Gasteiger partial charge in [0.15, 0.2) is 23.1 Å². The topological polar surface area (TPSA) is 166 Å². The Hall–Kier alpha value is -4.71. The second-order valence-corrected chi connectivity index (χ2v) is 7.73. The zero-order valence-corrected chi connectivity index (χ0v) is 20.0. The number of anilines is 1. The van der Waals surface area contributed by atoms with Crippen LogP contribution in [-0.2, 0) is 11.3 Å². The van der Waals surface area contributed by atoms with Gasteiger partial charge in [0, 0.05) is 30.1 Å². The van der Waals surface area contributed by atoms with Crippen LogP contribution in [0.5, 0.6) is 11.5 Å². The highest BCUT2D eigenvalue weighted by Gasteiger charge is 2.24. The van der Waals surface area contributed by atoms with Gasteiger partial charge in [0.05, 0.1) is 20.8 Å². The SMILES string of the molecule is COCc1cc([C@H](Nc2ccc(C(=N)N)cc2)c2nn(-c3cccnn3)c(=O)[nH]2)cc(OC)c1OC. The minimum atomic E-state index is -0.616. The second-order valence-electron chi connectivity index (χ2n) is 7.73. The maximum Gasteiger partial charge on any atom is 0.349 e. The quantitative estimate of drug-likeness (QED) is 0.192. The maximum atomic E-state index is 12.8. The molecular weight excluding hydrogens is 464 g/mol. The maximum absolute atomic E-state index is 12.8. The summed E-state index contributed by atoms with van der Waals surface area (Å²) < 4.78 is 17.6. The Morgan fingerprint density at radius 3 is 2.56 bits per heavy atom. The largest absolute Gasteiger partial charge is 0.493 e. The summed E-state index contributed by atoms with van der Waals surface area (Å²) in [4.78, 5) is 15.6. The van der Waals surface area contributed by atoms with Gasteiger partial charge < -0.3 is 25.3 Å². The Labute approximate surface area is 206 Å². The second kappa shape index (κ2) is 10.7. The summed E-state index contributed by atoms with van der Waals surface area (Å²) in [5, 5.41) is 23.3. The molecule has 186 valence electrons. The Morgan fingerprint density at radius 1 is 1.17 bits per heavy atom. The van der Waals surface area contributed by atoms with Crippen LogP contribution in [-0.4, -0.2) is 52.1 Å². The molecule has 0 saturated heterocycles. The molecule has 0 saturated carbocycles. The zero-order chi connectivity index (χ0) is 25.7. The summed E-state index contributed by atoms with van der Waals surface area (Å²) in [6.07, 6.45) is 1.51. The van der Waals surface area contributed by atoms with Crippen molar-refractivity contribution in [2.75, 3.05) is 26.6 Å². The van der Waals surface area contributed by atoms with Crippen LogP contribution >= 0.6 is 0 Å². The minimum absolute atomic E-state index is 0.0331. The Morgan fingerprint density at radius 2 is 1.94 bits per heavy atom. The number of nitrogens with two attached hydrogens (primary N) is 1. The lowest BCUT2D eigenvalue weighted by Gasteiger charge is -2.21. The van der Waals surface area contributed by atoms with Gasteiger partial charge in [0.1, 0.15) is 11.9 Å². The summed E-state index contributed by atoms with van der Waals surface area (Å²) in [7, 11) is 4.69. The van der Waals surface area contributed by atoms with Crippen LogP contribution in [0.1, 0.15) is 28.6 Å². The number of hydrogen-bond acceptors (Lipinski definition) is 9. The molecule has 0 aliphatic heterocycles. The fourth-order valence-corrected chi connectivity index (χ4v) is 3.75. The lowest BCUT2D eigenvalue weighted by Crippen LogP contribution is -2.17. The number of aromatic amines is 1. The van der Waals surface area contributed by atoms with Crippen LogP contribution in [0.15, 0.2) is 59.5 Å². The monoisotopic (exact) mass is 490 g/mol. The molecule has 0 bridgehead atoms. The van der Waals surface area contributed by atoms with Crippen molar-refractivity contribution in [1.29, 1.82) is 5.41 Å². The van der Waals surface area contributed by atoms with Crippen LogP contribution in [0.2, 0.25) is 0 Å². The van der Waals surface area contributed by atoms with E-state index in [1.807, 2.05) is 6.07 Å². The van der Waals surface area contributed by atoms with Crippen LogP contribution in [0.25, 0.3) is 5.82 Å². The molecule has 12 nitrogen and oxygen atoms in total. The van der Waals surface area contributed by atoms with Crippen molar-refractivity contribution >= 4 is 11.5 Å². The van der Waals surface area contributed by atoms with Gasteiger partial charge in [-0.15, -0.1) is 10.2 Å². The summed E-state index contributed by atoms with van der Waals surface area (Å²) in [5.41, 5.74) is 7.90. The summed E-state index contributed by atoms with van der Waals surface area (Å²) in [5.74, 6) is 1.62. The number of methoxy groups -OCH3 is 3. The van der Waals surface area contributed by atoms with Gasteiger partial charge in [0.2, 0.25) is 0 Å². The van der Waals surface area contributed by atoms with Crippen LogP contribution < -0.4 is 26.2 Å². The van der Waals surface area contributed by atoms with Crippen molar-refractivity contribution in [2.24, 2.45) is 5.73 Å². The average Bonchev–Trinajstić information content (AvgIpc) is 3.28. The van der Waals surface area contributed by atoms with Crippen LogP contribution in [0.4, 0.5) is 5.69 Å². The number of amidine groups is 1. The van der Waals surface area contributed by atoms with Gasteiger partial charge in [-0.3, -0.25) is 10.4 Å². The van der Waals surface area contributed by atoms with Gasteiger partial charge in [-0.05, 0) is 54.1 Å². The Kier molecular flexibility index (Phi) is 7.25. The predicted molar refractivity (Wildman–Crippen MR) is 133 cm³/mol. The van der Waals surface area contributed by atoms with Crippen LogP contribution in [0, 0.1) is 5.41 Å². The van der Waals surface area contributed by atoms with E-state index < -0.39 is 11.7 Å². The number of nitrogens with one attached hydrogen (secondary N) is 3. The summed E-state index contributed by atoms with van der Waals surface area (Å²) in [6, 6.07) is 13.4. The number of aromatic nitrogens is 5. The van der Waals surface area contributed by atoms with E-state index in [0.29, 0.717) is 28.6 Å². The summed E-state index contributed by atoms with van der Waals surface area (Å²) >= 11 is 0. The van der Waals surface area contributed by atoms with E-state index in [0.717, 1.165) is 15.8 Å². The van der Waals surface area contributed by atoms with Crippen molar-refractivity contribution in [3.63, 3.8) is 0 Å².